The Hall–Kier alpha value is -2.07. The summed E-state index contributed by atoms with van der Waals surface area (Å²) in [5, 5.41) is 3.91. The zero-order valence-electron chi connectivity index (χ0n) is 16.2. The molecule has 1 aliphatic heterocycles. The Morgan fingerprint density at radius 2 is 1.88 bits per heavy atom. The number of nitrogens with zero attached hydrogens (tertiary/aromatic N) is 2. The zero-order chi connectivity index (χ0) is 18.4. The van der Waals surface area contributed by atoms with Crippen LogP contribution >= 0.6 is 0 Å². The molecule has 26 heavy (non-hydrogen) atoms. The molecule has 4 nitrogen and oxygen atoms in total. The smallest absolute Gasteiger partial charge is 0.119 e. The molecule has 1 aliphatic rings. The van der Waals surface area contributed by atoms with E-state index in [1.165, 1.54) is 24.1 Å². The molecule has 3 rings (SSSR count). The second kappa shape index (κ2) is 9.04. The maximum atomic E-state index is 5.26. The Morgan fingerprint density at radius 1 is 1.15 bits per heavy atom. The van der Waals surface area contributed by atoms with Gasteiger partial charge >= 0.3 is 0 Å². The number of piperidine rings is 1. The molecule has 0 amide bonds. The van der Waals surface area contributed by atoms with Gasteiger partial charge in [-0.3, -0.25) is 4.98 Å². The van der Waals surface area contributed by atoms with Crippen molar-refractivity contribution < 1.29 is 4.74 Å². The Kier molecular flexibility index (Phi) is 6.51. The zero-order valence-corrected chi connectivity index (χ0v) is 16.2. The van der Waals surface area contributed by atoms with E-state index in [1.807, 2.05) is 30.6 Å². The first-order valence-electron chi connectivity index (χ1n) is 9.70. The number of pyridine rings is 1. The SMILES string of the molecule is COc1ccc(N2CCC(NC(CC(C)C)c3cccnc3)CC2)cc1. The van der Waals surface area contributed by atoms with Crippen LogP contribution in [0.1, 0.15) is 44.7 Å². The molecule has 0 spiro atoms. The molecule has 1 atom stereocenters. The van der Waals surface area contributed by atoms with Crippen molar-refractivity contribution in [2.24, 2.45) is 5.92 Å². The minimum absolute atomic E-state index is 0.390. The molecule has 1 saturated heterocycles. The number of methoxy groups -OCH3 is 1. The van der Waals surface area contributed by atoms with Crippen LogP contribution in [0.5, 0.6) is 5.75 Å². The van der Waals surface area contributed by atoms with Crippen molar-refractivity contribution in [3.05, 3.63) is 54.4 Å². The minimum atomic E-state index is 0.390. The molecular formula is C22H31N3O. The standard InChI is InChI=1S/C22H31N3O/c1-17(2)15-22(18-5-4-12-23-16-18)24-19-10-13-25(14-11-19)20-6-8-21(26-3)9-7-20/h4-9,12,16-17,19,22,24H,10-11,13-15H2,1-3H3. The number of hydrogen-bond acceptors (Lipinski definition) is 4. The average molecular weight is 354 g/mol. The number of aromatic nitrogens is 1. The largest absolute Gasteiger partial charge is 0.497 e. The molecule has 1 unspecified atom stereocenters. The highest BCUT2D eigenvalue weighted by Gasteiger charge is 2.23. The van der Waals surface area contributed by atoms with Crippen LogP contribution in [0.15, 0.2) is 48.8 Å². The molecule has 0 saturated carbocycles. The van der Waals surface area contributed by atoms with Gasteiger partial charge in [0.05, 0.1) is 7.11 Å². The van der Waals surface area contributed by atoms with Crippen molar-refractivity contribution >= 4 is 5.69 Å². The summed E-state index contributed by atoms with van der Waals surface area (Å²) in [6, 6.07) is 13.6. The van der Waals surface area contributed by atoms with Crippen LogP contribution in [-0.4, -0.2) is 31.2 Å². The predicted molar refractivity (Wildman–Crippen MR) is 108 cm³/mol. The maximum Gasteiger partial charge on any atom is 0.119 e. The first-order chi connectivity index (χ1) is 12.7. The monoisotopic (exact) mass is 353 g/mol. The number of benzene rings is 1. The van der Waals surface area contributed by atoms with Gasteiger partial charge in [0.15, 0.2) is 0 Å². The van der Waals surface area contributed by atoms with Crippen molar-refractivity contribution in [1.82, 2.24) is 10.3 Å². The molecule has 1 N–H and O–H groups in total. The van der Waals surface area contributed by atoms with E-state index in [0.717, 1.165) is 25.3 Å². The van der Waals surface area contributed by atoms with Gasteiger partial charge in [0, 0.05) is 43.3 Å². The van der Waals surface area contributed by atoms with Crippen LogP contribution in [0.25, 0.3) is 0 Å². The van der Waals surface area contributed by atoms with Crippen molar-refractivity contribution in [2.45, 2.75) is 45.2 Å². The molecule has 2 heterocycles. The van der Waals surface area contributed by atoms with Gasteiger partial charge in [-0.1, -0.05) is 19.9 Å². The Balaban J connectivity index is 1.57. The fourth-order valence-electron chi connectivity index (χ4n) is 3.74. The fourth-order valence-corrected chi connectivity index (χ4v) is 3.74. The Labute approximate surface area is 157 Å². The lowest BCUT2D eigenvalue weighted by Gasteiger charge is -2.36. The number of ether oxygens (including phenoxy) is 1. The van der Waals surface area contributed by atoms with Crippen LogP contribution in [0.3, 0.4) is 0 Å². The Bertz CT molecular complexity index is 649. The normalized spacial score (nSPS) is 16.7. The summed E-state index contributed by atoms with van der Waals surface area (Å²) in [5.74, 6) is 1.57. The van der Waals surface area contributed by atoms with E-state index in [1.54, 1.807) is 7.11 Å². The van der Waals surface area contributed by atoms with Crippen molar-refractivity contribution in [3.63, 3.8) is 0 Å². The van der Waals surface area contributed by atoms with Crippen molar-refractivity contribution in [3.8, 4) is 5.75 Å². The lowest BCUT2D eigenvalue weighted by atomic mass is 9.95. The van der Waals surface area contributed by atoms with E-state index >= 15 is 0 Å². The van der Waals surface area contributed by atoms with Gasteiger partial charge in [0.1, 0.15) is 5.75 Å². The van der Waals surface area contributed by atoms with E-state index in [2.05, 4.69) is 47.2 Å². The average Bonchev–Trinajstić information content (AvgIpc) is 2.68. The van der Waals surface area contributed by atoms with Gasteiger partial charge < -0.3 is 15.0 Å². The number of anilines is 1. The van der Waals surface area contributed by atoms with Crippen LogP contribution in [0.2, 0.25) is 0 Å². The highest BCUT2D eigenvalue weighted by atomic mass is 16.5. The summed E-state index contributed by atoms with van der Waals surface area (Å²) < 4.78 is 5.26. The molecule has 1 aromatic heterocycles. The van der Waals surface area contributed by atoms with Crippen LogP contribution < -0.4 is 15.0 Å². The summed E-state index contributed by atoms with van der Waals surface area (Å²) in [6.07, 6.45) is 7.34. The minimum Gasteiger partial charge on any atom is -0.497 e. The van der Waals surface area contributed by atoms with Gasteiger partial charge in [0.25, 0.3) is 0 Å². The number of nitrogens with one attached hydrogen (secondary N) is 1. The van der Waals surface area contributed by atoms with E-state index in [4.69, 9.17) is 4.74 Å². The highest BCUT2D eigenvalue weighted by molar-refractivity contribution is 5.49. The molecular weight excluding hydrogens is 322 g/mol. The molecule has 1 fully saturated rings. The topological polar surface area (TPSA) is 37.4 Å². The molecule has 140 valence electrons. The summed E-state index contributed by atoms with van der Waals surface area (Å²) >= 11 is 0. The lowest BCUT2D eigenvalue weighted by Crippen LogP contribution is -2.44. The summed E-state index contributed by atoms with van der Waals surface area (Å²) in [4.78, 5) is 6.78. The van der Waals surface area contributed by atoms with E-state index in [0.29, 0.717) is 18.0 Å². The second-order valence-electron chi connectivity index (χ2n) is 7.59. The number of rotatable bonds is 7. The second-order valence-corrected chi connectivity index (χ2v) is 7.59. The lowest BCUT2D eigenvalue weighted by molar-refractivity contribution is 0.336. The van der Waals surface area contributed by atoms with Gasteiger partial charge in [-0.05, 0) is 61.1 Å². The van der Waals surface area contributed by atoms with E-state index in [9.17, 15) is 0 Å². The third-order valence-corrected chi connectivity index (χ3v) is 5.16. The van der Waals surface area contributed by atoms with E-state index in [-0.39, 0.29) is 0 Å². The Morgan fingerprint density at radius 3 is 2.46 bits per heavy atom. The fraction of sp³-hybridized carbons (Fsp3) is 0.500. The molecule has 2 aromatic rings. The van der Waals surface area contributed by atoms with Gasteiger partial charge in [-0.25, -0.2) is 0 Å². The highest BCUT2D eigenvalue weighted by Crippen LogP contribution is 2.26. The van der Waals surface area contributed by atoms with E-state index < -0.39 is 0 Å². The quantitative estimate of drug-likeness (QED) is 0.799. The predicted octanol–water partition coefficient (Wildman–Crippen LogP) is 4.44. The van der Waals surface area contributed by atoms with Gasteiger partial charge in [-0.2, -0.15) is 0 Å². The third kappa shape index (κ3) is 4.98. The molecule has 0 bridgehead atoms. The first-order valence-corrected chi connectivity index (χ1v) is 9.70. The first kappa shape index (κ1) is 18.7. The third-order valence-electron chi connectivity index (χ3n) is 5.16. The molecule has 4 heteroatoms. The van der Waals surface area contributed by atoms with Crippen LogP contribution in [0.4, 0.5) is 5.69 Å². The van der Waals surface area contributed by atoms with Gasteiger partial charge in [-0.15, -0.1) is 0 Å². The van der Waals surface area contributed by atoms with Gasteiger partial charge in [0.2, 0.25) is 0 Å². The number of hydrogen-bond donors (Lipinski definition) is 1. The van der Waals surface area contributed by atoms with Crippen molar-refractivity contribution in [1.29, 1.82) is 0 Å². The van der Waals surface area contributed by atoms with Crippen LogP contribution in [-0.2, 0) is 0 Å². The molecule has 0 aliphatic carbocycles. The summed E-state index contributed by atoms with van der Waals surface area (Å²) in [6.45, 7) is 6.76. The summed E-state index contributed by atoms with van der Waals surface area (Å²) in [7, 11) is 1.71. The molecule has 0 radical (unpaired) electrons. The van der Waals surface area contributed by atoms with Crippen molar-refractivity contribution in [2.75, 3.05) is 25.1 Å². The summed E-state index contributed by atoms with van der Waals surface area (Å²) in [5.41, 5.74) is 2.59. The maximum absolute atomic E-state index is 5.26. The van der Waals surface area contributed by atoms with Crippen LogP contribution in [0, 0.1) is 5.92 Å². The molecule has 1 aromatic carbocycles.